The van der Waals surface area contributed by atoms with E-state index in [1.54, 1.807) is 36.4 Å². The highest BCUT2D eigenvalue weighted by atomic mass is 35.5. The van der Waals surface area contributed by atoms with Crippen LogP contribution in [0.3, 0.4) is 0 Å². The predicted molar refractivity (Wildman–Crippen MR) is 186 cm³/mol. The molecule has 0 heterocycles. The van der Waals surface area contributed by atoms with E-state index in [-0.39, 0.29) is 23.8 Å². The molecule has 0 fully saturated rings. The predicted octanol–water partition coefficient (Wildman–Crippen LogP) is 7.71. The Morgan fingerprint density at radius 1 is 0.848 bits per heavy atom. The number of anilines is 1. The van der Waals surface area contributed by atoms with Gasteiger partial charge < -0.3 is 10.2 Å². The second-order valence-electron chi connectivity index (χ2n) is 10.9. The fourth-order valence-electron chi connectivity index (χ4n) is 4.96. The van der Waals surface area contributed by atoms with Crippen LogP contribution in [0.2, 0.25) is 15.1 Å². The first kappa shape index (κ1) is 35.3. The van der Waals surface area contributed by atoms with E-state index in [9.17, 15) is 18.0 Å². The zero-order chi connectivity index (χ0) is 33.3. The summed E-state index contributed by atoms with van der Waals surface area (Å²) in [6.07, 6.45) is 1.81. The van der Waals surface area contributed by atoms with Gasteiger partial charge in [-0.15, -0.1) is 0 Å². The van der Waals surface area contributed by atoms with Crippen molar-refractivity contribution in [1.82, 2.24) is 10.2 Å². The molecule has 46 heavy (non-hydrogen) atoms. The van der Waals surface area contributed by atoms with Crippen LogP contribution in [0.5, 0.6) is 0 Å². The number of carbonyl (C=O) groups excluding carboxylic acids is 2. The number of sulfonamides is 1. The van der Waals surface area contributed by atoms with Crippen molar-refractivity contribution in [2.45, 2.75) is 50.6 Å². The van der Waals surface area contributed by atoms with Gasteiger partial charge in [-0.05, 0) is 73.0 Å². The average molecular weight is 701 g/mol. The normalized spacial score (nSPS) is 11.9. The maximum atomic E-state index is 14.6. The lowest BCUT2D eigenvalue weighted by Crippen LogP contribution is -2.53. The van der Waals surface area contributed by atoms with Gasteiger partial charge >= 0.3 is 0 Å². The lowest BCUT2D eigenvalue weighted by atomic mass is 10.0. The summed E-state index contributed by atoms with van der Waals surface area (Å²) in [4.78, 5) is 29.8. The topological polar surface area (TPSA) is 86.8 Å². The standard InChI is InChI=1S/C35H36Cl3N3O4S/c1-3-4-20-39-35(43)33(22-26-11-6-5-7-12-26)40(23-30-31(37)14-9-15-32(30)38)34(42)24-41(28-13-8-10-25(2)21-28)46(44,45)29-18-16-27(36)17-19-29/h5-19,21,33H,3-4,20,22-24H2,1-2H3,(H,39,43)/t33-/m0/s1. The maximum Gasteiger partial charge on any atom is 0.264 e. The summed E-state index contributed by atoms with van der Waals surface area (Å²) >= 11 is 19.2. The van der Waals surface area contributed by atoms with E-state index in [0.717, 1.165) is 28.3 Å². The lowest BCUT2D eigenvalue weighted by Gasteiger charge is -2.34. The highest BCUT2D eigenvalue weighted by Crippen LogP contribution is 2.29. The number of hydrogen-bond acceptors (Lipinski definition) is 4. The fraction of sp³-hybridized carbons (Fsp3) is 0.257. The van der Waals surface area contributed by atoms with E-state index < -0.39 is 28.5 Å². The number of rotatable bonds is 14. The zero-order valence-corrected chi connectivity index (χ0v) is 28.7. The molecule has 1 N–H and O–H groups in total. The van der Waals surface area contributed by atoms with E-state index in [2.05, 4.69) is 5.32 Å². The third-order valence-corrected chi connectivity index (χ3v) is 10.2. The minimum Gasteiger partial charge on any atom is -0.354 e. The maximum absolute atomic E-state index is 14.6. The minimum absolute atomic E-state index is 0.0370. The second-order valence-corrected chi connectivity index (χ2v) is 14.0. The van der Waals surface area contributed by atoms with E-state index in [4.69, 9.17) is 34.8 Å². The van der Waals surface area contributed by atoms with Crippen LogP contribution in [-0.4, -0.2) is 44.3 Å². The number of benzene rings is 4. The molecule has 4 aromatic rings. The van der Waals surface area contributed by atoms with Crippen molar-refractivity contribution < 1.29 is 18.0 Å². The van der Waals surface area contributed by atoms with Crippen molar-refractivity contribution in [3.63, 3.8) is 0 Å². The van der Waals surface area contributed by atoms with E-state index in [0.29, 0.717) is 32.9 Å². The molecule has 0 aliphatic carbocycles. The first-order valence-electron chi connectivity index (χ1n) is 14.9. The quantitative estimate of drug-likeness (QED) is 0.137. The number of carbonyl (C=O) groups is 2. The molecule has 1 atom stereocenters. The molecule has 242 valence electrons. The first-order chi connectivity index (χ1) is 22.0. The molecule has 0 saturated carbocycles. The summed E-state index contributed by atoms with van der Waals surface area (Å²) in [5.41, 5.74) is 2.37. The van der Waals surface area contributed by atoms with Crippen LogP contribution in [-0.2, 0) is 32.6 Å². The Hall–Kier alpha value is -3.56. The van der Waals surface area contributed by atoms with Crippen LogP contribution in [0.15, 0.2) is 102 Å². The van der Waals surface area contributed by atoms with Gasteiger partial charge in [-0.2, -0.15) is 0 Å². The molecule has 0 aliphatic rings. The Morgan fingerprint density at radius 2 is 1.50 bits per heavy atom. The fourth-order valence-corrected chi connectivity index (χ4v) is 7.01. The monoisotopic (exact) mass is 699 g/mol. The number of aryl methyl sites for hydroxylation is 1. The summed E-state index contributed by atoms with van der Waals surface area (Å²) in [5, 5.41) is 3.98. The molecule has 2 amide bonds. The van der Waals surface area contributed by atoms with Crippen molar-refractivity contribution in [3.05, 3.63) is 129 Å². The second kappa shape index (κ2) is 16.3. The molecule has 0 aliphatic heterocycles. The number of nitrogens with one attached hydrogen (secondary N) is 1. The molecule has 0 unspecified atom stereocenters. The van der Waals surface area contributed by atoms with Crippen molar-refractivity contribution in [1.29, 1.82) is 0 Å². The van der Waals surface area contributed by atoms with Crippen molar-refractivity contribution in [2.75, 3.05) is 17.4 Å². The van der Waals surface area contributed by atoms with Crippen molar-refractivity contribution in [2.24, 2.45) is 0 Å². The average Bonchev–Trinajstić information content (AvgIpc) is 3.03. The number of unbranched alkanes of at least 4 members (excludes halogenated alkanes) is 1. The zero-order valence-electron chi connectivity index (χ0n) is 25.6. The Morgan fingerprint density at radius 3 is 2.13 bits per heavy atom. The third kappa shape index (κ3) is 9.04. The van der Waals surface area contributed by atoms with Gasteiger partial charge in [0.2, 0.25) is 11.8 Å². The smallest absolute Gasteiger partial charge is 0.264 e. The summed E-state index contributed by atoms with van der Waals surface area (Å²) in [6, 6.07) is 26.0. The number of hydrogen-bond donors (Lipinski definition) is 1. The highest BCUT2D eigenvalue weighted by Gasteiger charge is 2.35. The Kier molecular flexibility index (Phi) is 12.5. The molecule has 11 heteroatoms. The van der Waals surface area contributed by atoms with E-state index in [1.165, 1.54) is 29.2 Å². The minimum atomic E-state index is -4.25. The molecule has 0 saturated heterocycles. The van der Waals surface area contributed by atoms with Crippen LogP contribution in [0.1, 0.15) is 36.5 Å². The van der Waals surface area contributed by atoms with Crippen molar-refractivity contribution in [3.8, 4) is 0 Å². The molecule has 4 rings (SSSR count). The van der Waals surface area contributed by atoms with E-state index >= 15 is 0 Å². The van der Waals surface area contributed by atoms with Gasteiger partial charge in [0.05, 0.1) is 10.6 Å². The molecule has 4 aromatic carbocycles. The molecule has 7 nitrogen and oxygen atoms in total. The first-order valence-corrected chi connectivity index (χ1v) is 17.5. The Bertz CT molecular complexity index is 1730. The van der Waals surface area contributed by atoms with Crippen LogP contribution in [0, 0.1) is 6.92 Å². The number of halogens is 3. The molecular formula is C35H36Cl3N3O4S. The number of amides is 2. The van der Waals surface area contributed by atoms with Crippen LogP contribution in [0.25, 0.3) is 0 Å². The van der Waals surface area contributed by atoms with Gasteiger partial charge in [0.1, 0.15) is 12.6 Å². The van der Waals surface area contributed by atoms with Crippen LogP contribution >= 0.6 is 34.8 Å². The van der Waals surface area contributed by atoms with Gasteiger partial charge in [-0.3, -0.25) is 13.9 Å². The molecule has 0 radical (unpaired) electrons. The summed E-state index contributed by atoms with van der Waals surface area (Å²) in [5.74, 6) is -0.974. The van der Waals surface area contributed by atoms with Gasteiger partial charge in [0, 0.05) is 40.1 Å². The summed E-state index contributed by atoms with van der Waals surface area (Å²) in [6.45, 7) is 3.56. The largest absolute Gasteiger partial charge is 0.354 e. The highest BCUT2D eigenvalue weighted by molar-refractivity contribution is 7.92. The summed E-state index contributed by atoms with van der Waals surface area (Å²) in [7, 11) is -4.25. The molecule has 0 bridgehead atoms. The Labute approximate surface area is 286 Å². The molecule has 0 spiro atoms. The SMILES string of the molecule is CCCCNC(=O)[C@H](Cc1ccccc1)N(Cc1c(Cl)cccc1Cl)C(=O)CN(c1cccc(C)c1)S(=O)(=O)c1ccc(Cl)cc1. The van der Waals surface area contributed by atoms with Crippen molar-refractivity contribution >= 4 is 62.3 Å². The summed E-state index contributed by atoms with van der Waals surface area (Å²) < 4.78 is 29.3. The molecule has 0 aromatic heterocycles. The van der Waals surface area contributed by atoms with Crippen LogP contribution < -0.4 is 9.62 Å². The van der Waals surface area contributed by atoms with Crippen LogP contribution in [0.4, 0.5) is 5.69 Å². The van der Waals surface area contributed by atoms with Gasteiger partial charge in [-0.25, -0.2) is 8.42 Å². The lowest BCUT2D eigenvalue weighted by molar-refractivity contribution is -0.140. The van der Waals surface area contributed by atoms with E-state index in [1.807, 2.05) is 50.2 Å². The Balaban J connectivity index is 1.82. The third-order valence-electron chi connectivity index (χ3n) is 7.46. The number of nitrogens with zero attached hydrogens (tertiary/aromatic N) is 2. The van der Waals surface area contributed by atoms with Gasteiger partial charge in [-0.1, -0.05) is 96.7 Å². The van der Waals surface area contributed by atoms with Gasteiger partial charge in [0.15, 0.2) is 0 Å². The molecular weight excluding hydrogens is 665 g/mol. The van der Waals surface area contributed by atoms with Gasteiger partial charge in [0.25, 0.3) is 10.0 Å².